The van der Waals surface area contributed by atoms with Gasteiger partial charge in [-0.25, -0.2) is 9.59 Å². The highest BCUT2D eigenvalue weighted by molar-refractivity contribution is 5.82. The van der Waals surface area contributed by atoms with E-state index in [0.29, 0.717) is 25.6 Å². The number of hydrogen-bond donors (Lipinski definition) is 2. The van der Waals surface area contributed by atoms with Crippen LogP contribution in [-0.4, -0.2) is 54.9 Å². The molecule has 0 heterocycles. The van der Waals surface area contributed by atoms with E-state index in [1.807, 2.05) is 13.8 Å². The summed E-state index contributed by atoms with van der Waals surface area (Å²) < 4.78 is 4.97. The van der Waals surface area contributed by atoms with Gasteiger partial charge in [0, 0.05) is 20.2 Å². The van der Waals surface area contributed by atoms with E-state index >= 15 is 0 Å². The molecule has 0 rings (SSSR count). The normalized spacial score (nSPS) is 12.6. The van der Waals surface area contributed by atoms with E-state index in [1.54, 1.807) is 25.9 Å². The highest BCUT2D eigenvalue weighted by Gasteiger charge is 2.26. The van der Waals surface area contributed by atoms with Gasteiger partial charge in [0.2, 0.25) is 0 Å². The molecule has 0 bridgehead atoms. The fraction of sp³-hybridized carbons (Fsp3) is 0.846. The number of amides is 2. The van der Waals surface area contributed by atoms with Gasteiger partial charge >= 0.3 is 12.0 Å². The van der Waals surface area contributed by atoms with Crippen LogP contribution in [0.2, 0.25) is 0 Å². The topological polar surface area (TPSA) is 78.9 Å². The standard InChI is InChI=1S/C13H26N2O4/c1-9(2)8-15(6-7-19-5)13(18)14-11(10(3)4)12(16)17/h9-11H,6-8H2,1-5H3,(H,14,18)(H,16,17)/t11-/m1/s1. The Hall–Kier alpha value is -1.30. The summed E-state index contributed by atoms with van der Waals surface area (Å²) in [6.07, 6.45) is 0. The predicted molar refractivity (Wildman–Crippen MR) is 73.1 cm³/mol. The molecule has 6 nitrogen and oxygen atoms in total. The third-order valence-electron chi connectivity index (χ3n) is 2.65. The molecular formula is C13H26N2O4. The number of carboxylic acids is 1. The quantitative estimate of drug-likeness (QED) is 0.701. The smallest absolute Gasteiger partial charge is 0.326 e. The Morgan fingerprint density at radius 1 is 1.26 bits per heavy atom. The molecule has 0 fully saturated rings. The second-order valence-electron chi connectivity index (χ2n) is 5.34. The van der Waals surface area contributed by atoms with E-state index in [2.05, 4.69) is 5.32 Å². The fourth-order valence-electron chi connectivity index (χ4n) is 1.66. The minimum Gasteiger partial charge on any atom is -0.480 e. The molecule has 0 aliphatic carbocycles. The highest BCUT2D eigenvalue weighted by atomic mass is 16.5. The Kier molecular flexibility index (Phi) is 8.14. The third-order valence-corrected chi connectivity index (χ3v) is 2.65. The first kappa shape index (κ1) is 17.7. The van der Waals surface area contributed by atoms with Crippen molar-refractivity contribution in [3.05, 3.63) is 0 Å². The molecular weight excluding hydrogens is 248 g/mol. The van der Waals surface area contributed by atoms with Gasteiger partial charge in [0.15, 0.2) is 0 Å². The summed E-state index contributed by atoms with van der Waals surface area (Å²) in [6, 6.07) is -1.23. The largest absolute Gasteiger partial charge is 0.480 e. The van der Waals surface area contributed by atoms with Crippen LogP contribution in [0, 0.1) is 11.8 Å². The van der Waals surface area contributed by atoms with Crippen molar-refractivity contribution in [3.63, 3.8) is 0 Å². The van der Waals surface area contributed by atoms with Crippen LogP contribution in [0.3, 0.4) is 0 Å². The number of aliphatic carboxylic acids is 1. The Labute approximate surface area is 115 Å². The number of nitrogens with zero attached hydrogens (tertiary/aromatic N) is 1. The van der Waals surface area contributed by atoms with Crippen LogP contribution >= 0.6 is 0 Å². The summed E-state index contributed by atoms with van der Waals surface area (Å²) >= 11 is 0. The van der Waals surface area contributed by atoms with Crippen LogP contribution in [0.4, 0.5) is 4.79 Å². The van der Waals surface area contributed by atoms with Gasteiger partial charge in [-0.1, -0.05) is 27.7 Å². The van der Waals surface area contributed by atoms with Gasteiger partial charge in [0.05, 0.1) is 6.61 Å². The first-order chi connectivity index (χ1) is 8.79. The Balaban J connectivity index is 4.64. The maximum absolute atomic E-state index is 12.1. The van der Waals surface area contributed by atoms with Crippen molar-refractivity contribution in [1.82, 2.24) is 10.2 Å². The van der Waals surface area contributed by atoms with Crippen LogP contribution in [0.1, 0.15) is 27.7 Å². The van der Waals surface area contributed by atoms with E-state index < -0.39 is 12.0 Å². The average Bonchev–Trinajstić information content (AvgIpc) is 2.29. The number of carboxylic acid groups (broad SMARTS) is 1. The van der Waals surface area contributed by atoms with E-state index in [-0.39, 0.29) is 11.9 Å². The molecule has 1 atom stereocenters. The van der Waals surface area contributed by atoms with E-state index in [0.717, 1.165) is 0 Å². The van der Waals surface area contributed by atoms with Gasteiger partial charge in [0.1, 0.15) is 6.04 Å². The predicted octanol–water partition coefficient (Wildman–Crippen LogP) is 1.41. The summed E-state index contributed by atoms with van der Waals surface area (Å²) in [7, 11) is 1.57. The SMILES string of the molecule is COCCN(CC(C)C)C(=O)N[C@@H](C(=O)O)C(C)C. The number of methoxy groups -OCH3 is 1. The number of hydrogen-bond acceptors (Lipinski definition) is 3. The molecule has 0 unspecified atom stereocenters. The lowest BCUT2D eigenvalue weighted by Gasteiger charge is -2.27. The number of carbonyl (C=O) groups is 2. The summed E-state index contributed by atoms with van der Waals surface area (Å²) in [6.45, 7) is 8.99. The molecule has 0 saturated heterocycles. The molecule has 0 aliphatic heterocycles. The second-order valence-corrected chi connectivity index (χ2v) is 5.34. The Morgan fingerprint density at radius 2 is 1.84 bits per heavy atom. The second kappa shape index (κ2) is 8.74. The first-order valence-electron chi connectivity index (χ1n) is 6.56. The molecule has 0 aliphatic rings. The number of ether oxygens (including phenoxy) is 1. The average molecular weight is 274 g/mol. The molecule has 0 aromatic rings. The van der Waals surface area contributed by atoms with Crippen molar-refractivity contribution in [2.24, 2.45) is 11.8 Å². The molecule has 0 spiro atoms. The first-order valence-corrected chi connectivity index (χ1v) is 6.56. The van der Waals surface area contributed by atoms with Gasteiger partial charge in [-0.05, 0) is 11.8 Å². The maximum Gasteiger partial charge on any atom is 0.326 e. The zero-order valence-corrected chi connectivity index (χ0v) is 12.5. The Bertz CT molecular complexity index is 292. The van der Waals surface area contributed by atoms with Crippen molar-refractivity contribution in [1.29, 1.82) is 0 Å². The number of nitrogens with one attached hydrogen (secondary N) is 1. The van der Waals surface area contributed by atoms with E-state index in [9.17, 15) is 9.59 Å². The van der Waals surface area contributed by atoms with Crippen molar-refractivity contribution in [3.8, 4) is 0 Å². The lowest BCUT2D eigenvalue weighted by molar-refractivity contribution is -0.140. The zero-order chi connectivity index (χ0) is 15.0. The van der Waals surface area contributed by atoms with Crippen LogP contribution in [0.25, 0.3) is 0 Å². The number of carbonyl (C=O) groups excluding carboxylic acids is 1. The zero-order valence-electron chi connectivity index (χ0n) is 12.5. The molecule has 0 aromatic heterocycles. The molecule has 0 aromatic carbocycles. The van der Waals surface area contributed by atoms with Gasteiger partial charge < -0.3 is 20.1 Å². The van der Waals surface area contributed by atoms with Crippen LogP contribution in [0.15, 0.2) is 0 Å². The van der Waals surface area contributed by atoms with E-state index in [1.165, 1.54) is 0 Å². The number of urea groups is 1. The molecule has 2 amide bonds. The lowest BCUT2D eigenvalue weighted by atomic mass is 10.1. The summed E-state index contributed by atoms with van der Waals surface area (Å²) in [4.78, 5) is 24.8. The molecule has 0 saturated carbocycles. The summed E-state index contributed by atoms with van der Waals surface area (Å²) in [5.74, 6) is -0.866. The van der Waals surface area contributed by atoms with Crippen LogP contribution in [-0.2, 0) is 9.53 Å². The van der Waals surface area contributed by atoms with Gasteiger partial charge in [-0.2, -0.15) is 0 Å². The Morgan fingerprint density at radius 3 is 2.21 bits per heavy atom. The van der Waals surface area contributed by atoms with Crippen molar-refractivity contribution in [2.75, 3.05) is 26.8 Å². The maximum atomic E-state index is 12.1. The minimum atomic E-state index is -1.01. The molecule has 19 heavy (non-hydrogen) atoms. The van der Waals surface area contributed by atoms with Gasteiger partial charge in [-0.15, -0.1) is 0 Å². The van der Waals surface area contributed by atoms with Gasteiger partial charge in [0.25, 0.3) is 0 Å². The van der Waals surface area contributed by atoms with Crippen molar-refractivity contribution >= 4 is 12.0 Å². The van der Waals surface area contributed by atoms with Crippen LogP contribution < -0.4 is 5.32 Å². The monoisotopic (exact) mass is 274 g/mol. The van der Waals surface area contributed by atoms with Gasteiger partial charge in [-0.3, -0.25) is 0 Å². The molecule has 6 heteroatoms. The summed E-state index contributed by atoms with van der Waals surface area (Å²) in [5.41, 5.74) is 0. The molecule has 2 N–H and O–H groups in total. The minimum absolute atomic E-state index is 0.162. The summed E-state index contributed by atoms with van der Waals surface area (Å²) in [5, 5.41) is 11.6. The number of rotatable bonds is 8. The highest BCUT2D eigenvalue weighted by Crippen LogP contribution is 2.05. The lowest BCUT2D eigenvalue weighted by Crippen LogP contribution is -2.51. The van der Waals surface area contributed by atoms with E-state index in [4.69, 9.17) is 9.84 Å². The third kappa shape index (κ3) is 7.00. The fourth-order valence-corrected chi connectivity index (χ4v) is 1.66. The van der Waals surface area contributed by atoms with Crippen LogP contribution in [0.5, 0.6) is 0 Å². The molecule has 112 valence electrons. The molecule has 0 radical (unpaired) electrons. The van der Waals surface area contributed by atoms with Crippen molar-refractivity contribution < 1.29 is 19.4 Å². The van der Waals surface area contributed by atoms with Crippen molar-refractivity contribution in [2.45, 2.75) is 33.7 Å².